The molecule has 1 heterocycles. The Morgan fingerprint density at radius 2 is 1.60 bits per heavy atom. The van der Waals surface area contributed by atoms with Crippen LogP contribution >= 0.6 is 0 Å². The molecule has 0 amide bonds. The van der Waals surface area contributed by atoms with Crippen molar-refractivity contribution in [2.45, 2.75) is 13.8 Å². The predicted octanol–water partition coefficient (Wildman–Crippen LogP) is 4.30. The quantitative estimate of drug-likeness (QED) is 0.664. The van der Waals surface area contributed by atoms with E-state index in [-0.39, 0.29) is 23.9 Å². The van der Waals surface area contributed by atoms with Gasteiger partial charge in [-0.25, -0.2) is 18.3 Å². The number of carbonyl (C=O) groups is 1. The van der Waals surface area contributed by atoms with Gasteiger partial charge < -0.3 is 4.74 Å². The van der Waals surface area contributed by atoms with Gasteiger partial charge in [-0.1, -0.05) is 0 Å². The summed E-state index contributed by atoms with van der Waals surface area (Å²) in [5.74, 6) is -1.27. The van der Waals surface area contributed by atoms with E-state index in [4.69, 9.17) is 4.74 Å². The lowest BCUT2D eigenvalue weighted by Crippen LogP contribution is -2.07. The van der Waals surface area contributed by atoms with Crippen LogP contribution in [0.25, 0.3) is 16.9 Å². The monoisotopic (exact) mass is 342 g/mol. The Labute approximate surface area is 143 Å². The number of aromatic nitrogens is 2. The van der Waals surface area contributed by atoms with Crippen molar-refractivity contribution >= 4 is 5.97 Å². The third-order valence-corrected chi connectivity index (χ3v) is 3.78. The van der Waals surface area contributed by atoms with Crippen LogP contribution in [0.4, 0.5) is 8.78 Å². The smallest absolute Gasteiger partial charge is 0.359 e. The Morgan fingerprint density at radius 1 is 1.04 bits per heavy atom. The molecule has 3 rings (SSSR count). The predicted molar refractivity (Wildman–Crippen MR) is 89.6 cm³/mol. The second-order valence-corrected chi connectivity index (χ2v) is 5.44. The summed E-state index contributed by atoms with van der Waals surface area (Å²) in [5.41, 5.74) is 2.67. The first-order valence-electron chi connectivity index (χ1n) is 7.80. The highest BCUT2D eigenvalue weighted by molar-refractivity contribution is 5.91. The van der Waals surface area contributed by atoms with Crippen LogP contribution in [0.5, 0.6) is 0 Å². The van der Waals surface area contributed by atoms with Crippen molar-refractivity contribution in [1.82, 2.24) is 9.78 Å². The average Bonchev–Trinajstić information content (AvgIpc) is 2.94. The average molecular weight is 342 g/mol. The number of carbonyl (C=O) groups excluding carboxylic acids is 1. The van der Waals surface area contributed by atoms with Gasteiger partial charge >= 0.3 is 5.97 Å². The maximum Gasteiger partial charge on any atom is 0.359 e. The fourth-order valence-electron chi connectivity index (χ4n) is 2.61. The van der Waals surface area contributed by atoms with Crippen LogP contribution < -0.4 is 0 Å². The summed E-state index contributed by atoms with van der Waals surface area (Å²) in [7, 11) is 0. The van der Waals surface area contributed by atoms with Crippen molar-refractivity contribution in [3.05, 3.63) is 71.4 Å². The molecule has 0 unspecified atom stereocenters. The summed E-state index contributed by atoms with van der Waals surface area (Å²) in [6.45, 7) is 3.69. The molecule has 0 bridgehead atoms. The summed E-state index contributed by atoms with van der Waals surface area (Å²) < 4.78 is 33.1. The Bertz CT molecular complexity index is 900. The third-order valence-electron chi connectivity index (χ3n) is 3.78. The second-order valence-electron chi connectivity index (χ2n) is 5.44. The highest BCUT2D eigenvalue weighted by Crippen LogP contribution is 2.29. The van der Waals surface area contributed by atoms with Crippen LogP contribution in [0, 0.1) is 18.6 Å². The van der Waals surface area contributed by atoms with E-state index in [1.807, 2.05) is 0 Å². The van der Waals surface area contributed by atoms with Crippen LogP contribution in [0.3, 0.4) is 0 Å². The number of ether oxygens (including phenoxy) is 1. The molecule has 3 aromatic rings. The number of esters is 1. The number of rotatable bonds is 4. The topological polar surface area (TPSA) is 44.1 Å². The minimum absolute atomic E-state index is 0.172. The van der Waals surface area contributed by atoms with E-state index in [1.54, 1.807) is 38.1 Å². The lowest BCUT2D eigenvalue weighted by Gasteiger charge is -2.08. The third kappa shape index (κ3) is 3.28. The van der Waals surface area contributed by atoms with Crippen molar-refractivity contribution in [2.24, 2.45) is 0 Å². The Kier molecular flexibility index (Phi) is 4.61. The van der Waals surface area contributed by atoms with Crippen molar-refractivity contribution in [3.63, 3.8) is 0 Å². The first-order valence-corrected chi connectivity index (χ1v) is 7.80. The van der Waals surface area contributed by atoms with Crippen molar-refractivity contribution in [3.8, 4) is 16.9 Å². The van der Waals surface area contributed by atoms with Gasteiger partial charge in [-0.05, 0) is 62.4 Å². The van der Waals surface area contributed by atoms with Gasteiger partial charge in [0.1, 0.15) is 11.6 Å². The molecule has 0 aliphatic heterocycles. The molecule has 2 aromatic carbocycles. The Balaban J connectivity index is 2.21. The summed E-state index contributed by atoms with van der Waals surface area (Å²) in [5, 5.41) is 4.35. The summed E-state index contributed by atoms with van der Waals surface area (Å²) in [6.07, 6.45) is 0. The second kappa shape index (κ2) is 6.84. The Hall–Kier alpha value is -3.02. The van der Waals surface area contributed by atoms with Crippen LogP contribution in [0.2, 0.25) is 0 Å². The molecule has 0 saturated heterocycles. The molecular weight excluding hydrogens is 326 g/mol. The van der Waals surface area contributed by atoms with Gasteiger partial charge in [0.25, 0.3) is 0 Å². The van der Waals surface area contributed by atoms with Gasteiger partial charge in [0.15, 0.2) is 5.69 Å². The number of hydrogen-bond acceptors (Lipinski definition) is 3. The first-order chi connectivity index (χ1) is 12.0. The molecule has 6 heteroatoms. The van der Waals surface area contributed by atoms with Crippen LogP contribution in [-0.4, -0.2) is 22.4 Å². The molecular formula is C19H16F2N2O2. The van der Waals surface area contributed by atoms with Gasteiger partial charge in [0, 0.05) is 11.1 Å². The minimum Gasteiger partial charge on any atom is -0.461 e. The molecule has 0 saturated carbocycles. The van der Waals surface area contributed by atoms with Gasteiger partial charge in [-0.15, -0.1) is 0 Å². The molecule has 0 aliphatic carbocycles. The van der Waals surface area contributed by atoms with Gasteiger partial charge in [-0.2, -0.15) is 5.10 Å². The minimum atomic E-state index is -0.538. The maximum atomic E-state index is 13.3. The van der Waals surface area contributed by atoms with E-state index in [2.05, 4.69) is 5.10 Å². The molecule has 0 N–H and O–H groups in total. The van der Waals surface area contributed by atoms with Crippen LogP contribution in [0.1, 0.15) is 23.0 Å². The van der Waals surface area contributed by atoms with Crippen molar-refractivity contribution < 1.29 is 18.3 Å². The zero-order valence-electron chi connectivity index (χ0n) is 13.8. The molecule has 0 fully saturated rings. The summed E-state index contributed by atoms with van der Waals surface area (Å²) in [6, 6.07) is 11.6. The fraction of sp³-hybridized carbons (Fsp3) is 0.158. The van der Waals surface area contributed by atoms with E-state index < -0.39 is 5.97 Å². The van der Waals surface area contributed by atoms with Gasteiger partial charge in [-0.3, -0.25) is 0 Å². The highest BCUT2D eigenvalue weighted by Gasteiger charge is 2.23. The standard InChI is InChI=1S/C19H16F2N2O2/c1-3-25-19(24)17-12(2)18(13-4-6-14(20)7-5-13)23(22-17)16-10-8-15(21)9-11-16/h4-11H,3H2,1-2H3. The largest absolute Gasteiger partial charge is 0.461 e. The number of hydrogen-bond donors (Lipinski definition) is 0. The number of halogens is 2. The van der Waals surface area contributed by atoms with Gasteiger partial charge in [0.05, 0.1) is 18.0 Å². The van der Waals surface area contributed by atoms with E-state index in [1.165, 1.54) is 28.9 Å². The highest BCUT2D eigenvalue weighted by atomic mass is 19.1. The van der Waals surface area contributed by atoms with E-state index >= 15 is 0 Å². The molecule has 4 nitrogen and oxygen atoms in total. The number of nitrogens with zero attached hydrogens (tertiary/aromatic N) is 2. The number of benzene rings is 2. The SMILES string of the molecule is CCOC(=O)c1nn(-c2ccc(F)cc2)c(-c2ccc(F)cc2)c1C. The lowest BCUT2D eigenvalue weighted by molar-refractivity contribution is 0.0518. The maximum absolute atomic E-state index is 13.3. The molecule has 0 radical (unpaired) electrons. The molecule has 25 heavy (non-hydrogen) atoms. The molecule has 0 spiro atoms. The van der Waals surface area contributed by atoms with Crippen molar-refractivity contribution in [2.75, 3.05) is 6.61 Å². The van der Waals surface area contributed by atoms with E-state index in [0.717, 1.165) is 0 Å². The summed E-state index contributed by atoms with van der Waals surface area (Å²) >= 11 is 0. The lowest BCUT2D eigenvalue weighted by atomic mass is 10.1. The molecule has 0 atom stereocenters. The molecule has 0 aliphatic rings. The zero-order valence-corrected chi connectivity index (χ0v) is 13.8. The molecule has 128 valence electrons. The van der Waals surface area contributed by atoms with Crippen LogP contribution in [0.15, 0.2) is 48.5 Å². The summed E-state index contributed by atoms with van der Waals surface area (Å²) in [4.78, 5) is 12.2. The normalized spacial score (nSPS) is 10.7. The molecule has 1 aromatic heterocycles. The van der Waals surface area contributed by atoms with Crippen molar-refractivity contribution in [1.29, 1.82) is 0 Å². The van der Waals surface area contributed by atoms with E-state index in [0.29, 0.717) is 22.5 Å². The first kappa shape index (κ1) is 16.8. The zero-order chi connectivity index (χ0) is 18.0. The van der Waals surface area contributed by atoms with Gasteiger partial charge in [0.2, 0.25) is 0 Å². The Morgan fingerprint density at radius 3 is 2.16 bits per heavy atom. The van der Waals surface area contributed by atoms with E-state index in [9.17, 15) is 13.6 Å². The fourth-order valence-corrected chi connectivity index (χ4v) is 2.61. The van der Waals surface area contributed by atoms with Crippen LogP contribution in [-0.2, 0) is 4.74 Å².